The van der Waals surface area contributed by atoms with Crippen molar-refractivity contribution < 1.29 is 31.1 Å². The topological polar surface area (TPSA) is 131 Å². The van der Waals surface area contributed by atoms with Gasteiger partial charge in [0.25, 0.3) is 5.91 Å². The molecule has 0 aliphatic rings. The molecule has 0 bridgehead atoms. The van der Waals surface area contributed by atoms with Crippen LogP contribution in [0.4, 0.5) is 11.4 Å². The number of nitrogens with one attached hydrogen (secondary N) is 2. The van der Waals surface area contributed by atoms with Crippen LogP contribution in [0.3, 0.4) is 0 Å². The van der Waals surface area contributed by atoms with Crippen LogP contribution in [-0.4, -0.2) is 61.1 Å². The predicted molar refractivity (Wildman–Crippen MR) is 118 cm³/mol. The van der Waals surface area contributed by atoms with E-state index in [9.17, 15) is 21.6 Å². The number of sulfonamides is 2. The maximum Gasteiger partial charge on any atom is 0.255 e. The number of carbonyl (C=O) groups is 1. The van der Waals surface area contributed by atoms with E-state index >= 15 is 0 Å². The summed E-state index contributed by atoms with van der Waals surface area (Å²) in [6.45, 7) is 1.50. The number of anilines is 2. The molecule has 12 heteroatoms. The van der Waals surface area contributed by atoms with Crippen LogP contribution in [0.5, 0.6) is 11.5 Å². The summed E-state index contributed by atoms with van der Waals surface area (Å²) >= 11 is 0. The van der Waals surface area contributed by atoms with Crippen molar-refractivity contribution >= 4 is 37.3 Å². The Morgan fingerprint density at radius 3 is 2.16 bits per heavy atom. The first-order valence-electron chi connectivity index (χ1n) is 9.05. The average molecular weight is 472 g/mol. The smallest absolute Gasteiger partial charge is 0.255 e. The fraction of sp³-hybridized carbons (Fsp3) is 0.316. The van der Waals surface area contributed by atoms with Crippen molar-refractivity contribution in [2.24, 2.45) is 0 Å². The van der Waals surface area contributed by atoms with E-state index in [1.54, 1.807) is 0 Å². The zero-order chi connectivity index (χ0) is 23.4. The summed E-state index contributed by atoms with van der Waals surface area (Å²) in [5.74, 6) is -0.355. The Bertz CT molecular complexity index is 1180. The van der Waals surface area contributed by atoms with Gasteiger partial charge < -0.3 is 14.8 Å². The summed E-state index contributed by atoms with van der Waals surface area (Å²) in [6, 6.07) is 8.46. The molecule has 0 fully saturated rings. The lowest BCUT2D eigenvalue weighted by Gasteiger charge is -2.16. The predicted octanol–water partition coefficient (Wildman–Crippen LogP) is 1.97. The zero-order valence-electron chi connectivity index (χ0n) is 17.8. The van der Waals surface area contributed by atoms with Crippen molar-refractivity contribution in [1.82, 2.24) is 4.31 Å². The van der Waals surface area contributed by atoms with Crippen LogP contribution < -0.4 is 19.5 Å². The first kappa shape index (κ1) is 24.4. The molecule has 10 nitrogen and oxygen atoms in total. The standard InChI is InChI=1S/C19H25N3O7S2/c1-6-30(24,25)21-15-9-8-14(12-17(15)29-5)20-19(23)13-7-10-16(28-4)18(11-13)31(26,27)22(2)3/h7-12,21H,6H2,1-5H3,(H,20,23). The number of hydrogen-bond acceptors (Lipinski definition) is 7. The first-order chi connectivity index (χ1) is 14.4. The lowest BCUT2D eigenvalue weighted by Crippen LogP contribution is -2.23. The van der Waals surface area contributed by atoms with Crippen molar-refractivity contribution in [2.45, 2.75) is 11.8 Å². The Morgan fingerprint density at radius 2 is 1.61 bits per heavy atom. The van der Waals surface area contributed by atoms with Gasteiger partial charge in [0.15, 0.2) is 0 Å². The van der Waals surface area contributed by atoms with Gasteiger partial charge in [-0.15, -0.1) is 0 Å². The molecule has 0 aliphatic heterocycles. The van der Waals surface area contributed by atoms with Crippen LogP contribution >= 0.6 is 0 Å². The molecular weight excluding hydrogens is 446 g/mol. The molecule has 2 N–H and O–H groups in total. The van der Waals surface area contributed by atoms with Gasteiger partial charge in [-0.25, -0.2) is 21.1 Å². The maximum absolute atomic E-state index is 12.7. The fourth-order valence-corrected chi connectivity index (χ4v) is 4.24. The van der Waals surface area contributed by atoms with E-state index in [1.165, 1.54) is 71.6 Å². The van der Waals surface area contributed by atoms with Gasteiger partial charge in [0, 0.05) is 31.4 Å². The van der Waals surface area contributed by atoms with E-state index in [2.05, 4.69) is 10.0 Å². The average Bonchev–Trinajstić information content (AvgIpc) is 2.73. The van der Waals surface area contributed by atoms with Crippen molar-refractivity contribution in [1.29, 1.82) is 0 Å². The highest BCUT2D eigenvalue weighted by Crippen LogP contribution is 2.30. The van der Waals surface area contributed by atoms with Gasteiger partial charge in [-0.05, 0) is 37.3 Å². The van der Waals surface area contributed by atoms with Gasteiger partial charge in [0.05, 0.1) is 25.7 Å². The third-order valence-electron chi connectivity index (χ3n) is 4.29. The molecule has 0 heterocycles. The molecule has 31 heavy (non-hydrogen) atoms. The largest absolute Gasteiger partial charge is 0.495 e. The molecule has 0 spiro atoms. The Balaban J connectivity index is 2.35. The van der Waals surface area contributed by atoms with Crippen LogP contribution in [0, 0.1) is 0 Å². The lowest BCUT2D eigenvalue weighted by atomic mass is 10.2. The van der Waals surface area contributed by atoms with Gasteiger partial charge >= 0.3 is 0 Å². The van der Waals surface area contributed by atoms with Crippen LogP contribution in [0.1, 0.15) is 17.3 Å². The number of carbonyl (C=O) groups excluding carboxylic acids is 1. The lowest BCUT2D eigenvalue weighted by molar-refractivity contribution is 0.102. The number of methoxy groups -OCH3 is 2. The van der Waals surface area contributed by atoms with Gasteiger partial charge in [0.1, 0.15) is 16.4 Å². The Hall–Kier alpha value is -2.83. The number of rotatable bonds is 9. The number of nitrogens with zero attached hydrogens (tertiary/aromatic N) is 1. The summed E-state index contributed by atoms with van der Waals surface area (Å²) in [5.41, 5.74) is 0.649. The maximum atomic E-state index is 12.7. The Kier molecular flexibility index (Phi) is 7.52. The summed E-state index contributed by atoms with van der Waals surface area (Å²) in [6.07, 6.45) is 0. The molecule has 0 atom stereocenters. The monoisotopic (exact) mass is 471 g/mol. The van der Waals surface area contributed by atoms with E-state index in [-0.39, 0.29) is 33.4 Å². The van der Waals surface area contributed by atoms with Crippen molar-refractivity contribution in [2.75, 3.05) is 44.1 Å². The van der Waals surface area contributed by atoms with Crippen LogP contribution in [0.25, 0.3) is 0 Å². The summed E-state index contributed by atoms with van der Waals surface area (Å²) in [7, 11) is -1.89. The number of ether oxygens (including phenoxy) is 2. The van der Waals surface area contributed by atoms with Gasteiger partial charge in [-0.2, -0.15) is 0 Å². The van der Waals surface area contributed by atoms with E-state index in [1.807, 2.05) is 0 Å². The summed E-state index contributed by atoms with van der Waals surface area (Å²) in [5, 5.41) is 2.64. The van der Waals surface area contributed by atoms with Gasteiger partial charge in [-0.3, -0.25) is 9.52 Å². The van der Waals surface area contributed by atoms with Crippen LogP contribution in [0.15, 0.2) is 41.3 Å². The third-order valence-corrected chi connectivity index (χ3v) is 7.42. The molecule has 0 aromatic heterocycles. The first-order valence-corrected chi connectivity index (χ1v) is 12.1. The Labute approximate surface area is 182 Å². The zero-order valence-corrected chi connectivity index (χ0v) is 19.4. The summed E-state index contributed by atoms with van der Waals surface area (Å²) in [4.78, 5) is 12.6. The molecule has 0 aliphatic carbocycles. The molecule has 2 rings (SSSR count). The molecule has 0 radical (unpaired) electrons. The summed E-state index contributed by atoms with van der Waals surface area (Å²) < 4.78 is 62.4. The highest BCUT2D eigenvalue weighted by atomic mass is 32.2. The van der Waals surface area contributed by atoms with E-state index < -0.39 is 26.0 Å². The second-order valence-corrected chi connectivity index (χ2v) is 10.7. The molecule has 2 aromatic rings. The van der Waals surface area contributed by atoms with Crippen molar-refractivity contribution in [3.8, 4) is 11.5 Å². The number of hydrogen-bond donors (Lipinski definition) is 2. The molecule has 2 aromatic carbocycles. The molecule has 0 unspecified atom stereocenters. The molecule has 170 valence electrons. The second-order valence-electron chi connectivity index (χ2n) is 6.53. The van der Waals surface area contributed by atoms with E-state index in [4.69, 9.17) is 9.47 Å². The Morgan fingerprint density at radius 1 is 0.968 bits per heavy atom. The van der Waals surface area contributed by atoms with E-state index in [0.717, 1.165) is 4.31 Å². The SMILES string of the molecule is CCS(=O)(=O)Nc1ccc(NC(=O)c2ccc(OC)c(S(=O)(=O)N(C)C)c2)cc1OC. The molecular formula is C19H25N3O7S2. The number of benzene rings is 2. The third kappa shape index (κ3) is 5.66. The minimum absolute atomic E-state index is 0.0935. The van der Waals surface area contributed by atoms with E-state index in [0.29, 0.717) is 5.69 Å². The minimum atomic E-state index is -3.84. The normalized spacial score (nSPS) is 11.8. The molecule has 0 saturated heterocycles. The molecule has 0 saturated carbocycles. The highest BCUT2D eigenvalue weighted by molar-refractivity contribution is 7.92. The number of amides is 1. The fourth-order valence-electron chi connectivity index (χ4n) is 2.51. The second kappa shape index (κ2) is 9.54. The van der Waals surface area contributed by atoms with Crippen molar-refractivity contribution in [3.63, 3.8) is 0 Å². The quantitative estimate of drug-likeness (QED) is 0.572. The molecule has 1 amide bonds. The highest BCUT2D eigenvalue weighted by Gasteiger charge is 2.24. The van der Waals surface area contributed by atoms with Crippen LogP contribution in [0.2, 0.25) is 0 Å². The minimum Gasteiger partial charge on any atom is -0.495 e. The van der Waals surface area contributed by atoms with Crippen molar-refractivity contribution in [3.05, 3.63) is 42.0 Å². The van der Waals surface area contributed by atoms with Crippen LogP contribution in [-0.2, 0) is 20.0 Å². The van der Waals surface area contributed by atoms with Gasteiger partial charge in [-0.1, -0.05) is 0 Å². The van der Waals surface area contributed by atoms with Gasteiger partial charge in [0.2, 0.25) is 20.0 Å².